The van der Waals surface area contributed by atoms with Crippen molar-refractivity contribution >= 4 is 34.4 Å². The molecule has 0 spiro atoms. The Labute approximate surface area is 144 Å². The van der Waals surface area contributed by atoms with Crippen molar-refractivity contribution in [3.05, 3.63) is 46.8 Å². The van der Waals surface area contributed by atoms with Crippen LogP contribution in [0.1, 0.15) is 31.4 Å². The van der Waals surface area contributed by atoms with Gasteiger partial charge in [-0.3, -0.25) is 0 Å². The van der Waals surface area contributed by atoms with E-state index in [2.05, 4.69) is 20.1 Å². The molecule has 1 atom stereocenters. The minimum absolute atomic E-state index is 0.383. The summed E-state index contributed by atoms with van der Waals surface area (Å²) in [6, 6.07) is 7.47. The van der Waals surface area contributed by atoms with Gasteiger partial charge in [-0.25, -0.2) is 0 Å². The highest BCUT2D eigenvalue weighted by Gasteiger charge is 2.07. The molecule has 0 fully saturated rings. The summed E-state index contributed by atoms with van der Waals surface area (Å²) in [5, 5.41) is 27.0. The minimum atomic E-state index is -0.464. The molecule has 1 aromatic rings. The highest BCUT2D eigenvalue weighted by Crippen LogP contribution is 2.08. The molecular formula is C16H18IN3O2. The number of oxime groups is 1. The molecule has 1 unspecified atom stereocenters. The van der Waals surface area contributed by atoms with E-state index in [-0.39, 0.29) is 0 Å². The van der Waals surface area contributed by atoms with Crippen molar-refractivity contribution < 1.29 is 10.1 Å². The number of halogens is 1. The number of hydroxylamine groups is 1. The maximum atomic E-state index is 11.6. The first kappa shape index (κ1) is 18.2. The second kappa shape index (κ2) is 9.95. The van der Waals surface area contributed by atoms with Gasteiger partial charge >= 0.3 is 0 Å². The van der Waals surface area contributed by atoms with Gasteiger partial charge in [0.25, 0.3) is 0 Å². The van der Waals surface area contributed by atoms with Gasteiger partial charge in [-0.2, -0.15) is 0 Å². The van der Waals surface area contributed by atoms with E-state index in [0.29, 0.717) is 10.6 Å². The van der Waals surface area contributed by atoms with Gasteiger partial charge in [-0.15, -0.1) is 0 Å². The van der Waals surface area contributed by atoms with Crippen LogP contribution in [0.2, 0.25) is 0 Å². The molecule has 0 aromatic heterocycles. The Hall–Kier alpha value is -1.88. The maximum Gasteiger partial charge on any atom is 0.210 e. The molecule has 22 heavy (non-hydrogen) atoms. The number of hydrogen-bond donors (Lipinski definition) is 1. The SMILES string of the molecule is CC(=NO)C(C)N=[N+]([O-])C=Cc1ccc(CCC#CI)cc1. The lowest BCUT2D eigenvalue weighted by Crippen LogP contribution is -2.12. The highest BCUT2D eigenvalue weighted by atomic mass is 127. The molecule has 0 saturated heterocycles. The first-order valence-corrected chi connectivity index (χ1v) is 7.86. The number of nitrogens with zero attached hydrogens (tertiary/aromatic N) is 3. The molecule has 5 nitrogen and oxygen atoms in total. The summed E-state index contributed by atoms with van der Waals surface area (Å²) in [5.74, 6) is 3.02. The van der Waals surface area contributed by atoms with Crippen LogP contribution in [0, 0.1) is 15.1 Å². The van der Waals surface area contributed by atoms with Crippen molar-refractivity contribution in [2.24, 2.45) is 10.3 Å². The zero-order chi connectivity index (χ0) is 16.4. The van der Waals surface area contributed by atoms with Crippen molar-refractivity contribution in [3.8, 4) is 9.85 Å². The molecule has 116 valence electrons. The Morgan fingerprint density at radius 1 is 1.45 bits per heavy atom. The molecule has 0 amide bonds. The fraction of sp³-hybridized carbons (Fsp3) is 0.312. The fourth-order valence-corrected chi connectivity index (χ4v) is 1.85. The minimum Gasteiger partial charge on any atom is -0.595 e. The second-order valence-electron chi connectivity index (χ2n) is 4.66. The zero-order valence-corrected chi connectivity index (χ0v) is 14.7. The van der Waals surface area contributed by atoms with Gasteiger partial charge in [0.15, 0.2) is 6.04 Å². The first-order chi connectivity index (χ1) is 10.6. The van der Waals surface area contributed by atoms with Crippen molar-refractivity contribution in [2.45, 2.75) is 32.7 Å². The summed E-state index contributed by atoms with van der Waals surface area (Å²) in [6.07, 6.45) is 4.77. The number of benzene rings is 1. The van der Waals surface area contributed by atoms with Crippen LogP contribution in [0.5, 0.6) is 0 Å². The van der Waals surface area contributed by atoms with Crippen molar-refractivity contribution in [2.75, 3.05) is 0 Å². The van der Waals surface area contributed by atoms with Gasteiger partial charge in [0.2, 0.25) is 6.20 Å². The third-order valence-corrected chi connectivity index (χ3v) is 3.41. The smallest absolute Gasteiger partial charge is 0.210 e. The van der Waals surface area contributed by atoms with Crippen molar-refractivity contribution in [1.82, 2.24) is 0 Å². The lowest BCUT2D eigenvalue weighted by molar-refractivity contribution is -0.459. The third kappa shape index (κ3) is 6.72. The van der Waals surface area contributed by atoms with Crippen LogP contribution in [-0.4, -0.2) is 21.8 Å². The Morgan fingerprint density at radius 2 is 2.14 bits per heavy atom. The molecule has 0 aliphatic heterocycles. The predicted octanol–water partition coefficient (Wildman–Crippen LogP) is 4.19. The molecule has 0 heterocycles. The van der Waals surface area contributed by atoms with Crippen LogP contribution >= 0.6 is 22.6 Å². The summed E-state index contributed by atoms with van der Waals surface area (Å²) in [6.45, 7) is 3.29. The van der Waals surface area contributed by atoms with Crippen LogP contribution in [-0.2, 0) is 6.42 Å². The Bertz CT molecular complexity index is 625. The Morgan fingerprint density at radius 3 is 2.73 bits per heavy atom. The van der Waals surface area contributed by atoms with E-state index in [4.69, 9.17) is 5.21 Å². The van der Waals surface area contributed by atoms with E-state index in [1.54, 1.807) is 19.9 Å². The average Bonchev–Trinajstić information content (AvgIpc) is 2.53. The molecule has 1 aromatic carbocycles. The fourth-order valence-electron chi connectivity index (χ4n) is 1.58. The van der Waals surface area contributed by atoms with E-state index in [1.165, 1.54) is 11.8 Å². The highest BCUT2D eigenvalue weighted by molar-refractivity contribution is 14.1. The van der Waals surface area contributed by atoms with E-state index in [0.717, 1.165) is 18.4 Å². The topological polar surface area (TPSA) is 71.0 Å². The number of azo groups is 1. The second-order valence-corrected chi connectivity index (χ2v) is 5.20. The van der Waals surface area contributed by atoms with Gasteiger partial charge in [-0.05, 0) is 40.4 Å². The van der Waals surface area contributed by atoms with E-state index < -0.39 is 6.04 Å². The average molecular weight is 411 g/mol. The quantitative estimate of drug-likeness (QED) is 0.145. The zero-order valence-electron chi connectivity index (χ0n) is 12.5. The standard InChI is InChI=1S/C16H18IN3O2/c1-13(14(2)19-21)18-20(22)12-10-16-8-6-15(7-9-16)5-3-4-11-17/h6-10,12-13,21H,3,5H2,1-2H3. The van der Waals surface area contributed by atoms with E-state index >= 15 is 0 Å². The van der Waals surface area contributed by atoms with Crippen LogP contribution in [0.15, 0.2) is 40.7 Å². The van der Waals surface area contributed by atoms with Gasteiger partial charge < -0.3 is 10.4 Å². The molecular weight excluding hydrogens is 393 g/mol. The van der Waals surface area contributed by atoms with Gasteiger partial charge in [0.05, 0.1) is 5.71 Å². The Balaban J connectivity index is 2.65. The third-order valence-electron chi connectivity index (χ3n) is 3.03. The van der Waals surface area contributed by atoms with Gasteiger partial charge in [-0.1, -0.05) is 40.2 Å². The van der Waals surface area contributed by atoms with Crippen LogP contribution in [0.25, 0.3) is 6.08 Å². The molecule has 0 radical (unpaired) electrons. The lowest BCUT2D eigenvalue weighted by atomic mass is 10.1. The number of aryl methyl sites for hydroxylation is 1. The summed E-state index contributed by atoms with van der Waals surface area (Å²) in [4.78, 5) is 0.475. The number of rotatable bonds is 6. The van der Waals surface area contributed by atoms with Crippen LogP contribution < -0.4 is 0 Å². The van der Waals surface area contributed by atoms with E-state index in [9.17, 15) is 5.21 Å². The molecule has 0 aliphatic rings. The summed E-state index contributed by atoms with van der Waals surface area (Å²) in [5.41, 5.74) is 2.51. The lowest BCUT2D eigenvalue weighted by Gasteiger charge is -2.01. The molecule has 0 saturated carbocycles. The van der Waals surface area contributed by atoms with Crippen molar-refractivity contribution in [3.63, 3.8) is 0 Å². The van der Waals surface area contributed by atoms with Gasteiger partial charge in [0.1, 0.15) is 0 Å². The summed E-state index contributed by atoms with van der Waals surface area (Å²) < 4.78 is 2.84. The molecule has 0 aliphatic carbocycles. The number of hydrogen-bond acceptors (Lipinski definition) is 4. The predicted molar refractivity (Wildman–Crippen MR) is 96.0 cm³/mol. The molecule has 0 bridgehead atoms. The molecule has 6 heteroatoms. The maximum absolute atomic E-state index is 11.6. The molecule has 1 N–H and O–H groups in total. The first-order valence-electron chi connectivity index (χ1n) is 6.78. The normalized spacial score (nSPS) is 13.8. The van der Waals surface area contributed by atoms with Crippen LogP contribution in [0.3, 0.4) is 0 Å². The monoisotopic (exact) mass is 411 g/mol. The van der Waals surface area contributed by atoms with E-state index in [1.807, 2.05) is 46.9 Å². The summed E-state index contributed by atoms with van der Waals surface area (Å²) >= 11 is 2.03. The van der Waals surface area contributed by atoms with Gasteiger partial charge in [0, 0.05) is 35.1 Å². The van der Waals surface area contributed by atoms with Crippen LogP contribution in [0.4, 0.5) is 0 Å². The largest absolute Gasteiger partial charge is 0.595 e. The summed E-state index contributed by atoms with van der Waals surface area (Å²) in [7, 11) is 0. The molecule has 1 rings (SSSR count). The van der Waals surface area contributed by atoms with Crippen molar-refractivity contribution in [1.29, 1.82) is 0 Å². The Kier molecular flexibility index (Phi) is 8.22.